The summed E-state index contributed by atoms with van der Waals surface area (Å²) in [5.74, 6) is 0.220. The van der Waals surface area contributed by atoms with Crippen molar-refractivity contribution in [3.63, 3.8) is 0 Å². The summed E-state index contributed by atoms with van der Waals surface area (Å²) in [4.78, 5) is 12.9. The molecule has 8 heteroatoms. The van der Waals surface area contributed by atoms with Gasteiger partial charge in [-0.05, 0) is 86.3 Å². The molecular formula is C28H33N3O4S. The number of carbonyl (C=O) groups excluding carboxylic acids is 1. The molecule has 3 rings (SSSR count). The average molecular weight is 508 g/mol. The van der Waals surface area contributed by atoms with Crippen molar-refractivity contribution in [1.82, 2.24) is 5.43 Å². The van der Waals surface area contributed by atoms with Crippen molar-refractivity contribution in [3.8, 4) is 5.75 Å². The number of hydrogen-bond donors (Lipinski definition) is 1. The second-order valence-corrected chi connectivity index (χ2v) is 10.5. The number of sulfonamides is 1. The Hall–Kier alpha value is -3.65. The molecule has 0 heterocycles. The van der Waals surface area contributed by atoms with Crippen LogP contribution in [0.1, 0.15) is 42.0 Å². The number of rotatable bonds is 11. The fourth-order valence-corrected chi connectivity index (χ4v) is 4.95. The van der Waals surface area contributed by atoms with Crippen molar-refractivity contribution >= 4 is 27.8 Å². The van der Waals surface area contributed by atoms with Crippen molar-refractivity contribution in [1.29, 1.82) is 0 Å². The van der Waals surface area contributed by atoms with E-state index in [1.54, 1.807) is 36.4 Å². The van der Waals surface area contributed by atoms with Crippen molar-refractivity contribution in [2.45, 2.75) is 45.4 Å². The standard InChI is InChI=1S/C28H33N3O4S/c1-5-6-18-35-25-14-12-24(13-15-25)19-29-30-28(32)20-31(27-9-7-8-22(3)23(27)4)36(33,34)26-16-10-21(2)11-17-26/h7-17,19H,5-6,18,20H2,1-4H3,(H,30,32)/b29-19-. The van der Waals surface area contributed by atoms with E-state index in [0.29, 0.717) is 12.3 Å². The molecule has 0 radical (unpaired) electrons. The zero-order valence-electron chi connectivity index (χ0n) is 21.2. The van der Waals surface area contributed by atoms with E-state index in [1.165, 1.54) is 6.21 Å². The van der Waals surface area contributed by atoms with E-state index in [9.17, 15) is 13.2 Å². The predicted octanol–water partition coefficient (Wildman–Crippen LogP) is 5.14. The van der Waals surface area contributed by atoms with Crippen LogP contribution in [0.25, 0.3) is 0 Å². The number of ether oxygens (including phenoxy) is 1. The summed E-state index contributed by atoms with van der Waals surface area (Å²) in [7, 11) is -3.99. The van der Waals surface area contributed by atoms with E-state index in [2.05, 4.69) is 17.5 Å². The van der Waals surface area contributed by atoms with Crippen molar-refractivity contribution in [2.75, 3.05) is 17.5 Å². The molecule has 0 unspecified atom stereocenters. The van der Waals surface area contributed by atoms with Crippen molar-refractivity contribution in [3.05, 3.63) is 89.0 Å². The van der Waals surface area contributed by atoms with E-state index < -0.39 is 22.5 Å². The largest absolute Gasteiger partial charge is 0.494 e. The molecule has 0 aliphatic rings. The second kappa shape index (κ2) is 12.4. The smallest absolute Gasteiger partial charge is 0.264 e. The molecule has 0 spiro atoms. The number of carbonyl (C=O) groups is 1. The van der Waals surface area contributed by atoms with E-state index in [0.717, 1.165) is 45.2 Å². The Kier molecular flexibility index (Phi) is 9.25. The first kappa shape index (κ1) is 26.9. The van der Waals surface area contributed by atoms with Gasteiger partial charge in [0.1, 0.15) is 12.3 Å². The molecule has 0 aliphatic carbocycles. The molecule has 0 aromatic heterocycles. The summed E-state index contributed by atoms with van der Waals surface area (Å²) in [5.41, 5.74) is 6.33. The maximum atomic E-state index is 13.6. The van der Waals surface area contributed by atoms with Crippen LogP contribution in [0.5, 0.6) is 5.75 Å². The maximum Gasteiger partial charge on any atom is 0.264 e. The van der Waals surface area contributed by atoms with Crippen LogP contribution in [-0.2, 0) is 14.8 Å². The molecular weight excluding hydrogens is 474 g/mol. The predicted molar refractivity (Wildman–Crippen MR) is 144 cm³/mol. The molecule has 0 saturated heterocycles. The topological polar surface area (TPSA) is 88.1 Å². The minimum atomic E-state index is -3.99. The number of hydrogen-bond acceptors (Lipinski definition) is 5. The summed E-state index contributed by atoms with van der Waals surface area (Å²) in [5, 5.41) is 4.01. The Morgan fingerprint density at radius 3 is 2.36 bits per heavy atom. The number of benzene rings is 3. The molecule has 0 fully saturated rings. The SMILES string of the molecule is CCCCOc1ccc(/C=N\NC(=O)CN(c2cccc(C)c2C)S(=O)(=O)c2ccc(C)cc2)cc1. The van der Waals surface area contributed by atoms with Gasteiger partial charge in [0.2, 0.25) is 0 Å². The Morgan fingerprint density at radius 1 is 1.00 bits per heavy atom. The Morgan fingerprint density at radius 2 is 1.69 bits per heavy atom. The number of nitrogens with one attached hydrogen (secondary N) is 1. The van der Waals surface area contributed by atoms with E-state index in [4.69, 9.17) is 4.74 Å². The maximum absolute atomic E-state index is 13.6. The third-order valence-electron chi connectivity index (χ3n) is 5.79. The molecule has 1 N–H and O–H groups in total. The van der Waals surface area contributed by atoms with Crippen LogP contribution >= 0.6 is 0 Å². The van der Waals surface area contributed by atoms with Crippen molar-refractivity contribution < 1.29 is 17.9 Å². The highest BCUT2D eigenvalue weighted by Crippen LogP contribution is 2.28. The van der Waals surface area contributed by atoms with E-state index >= 15 is 0 Å². The van der Waals surface area contributed by atoms with Gasteiger partial charge in [0, 0.05) is 0 Å². The lowest BCUT2D eigenvalue weighted by Gasteiger charge is -2.26. The second-order valence-electron chi connectivity index (χ2n) is 8.61. The lowest BCUT2D eigenvalue weighted by atomic mass is 10.1. The quantitative estimate of drug-likeness (QED) is 0.221. The third kappa shape index (κ3) is 6.95. The van der Waals surface area contributed by atoms with Crippen LogP contribution in [-0.4, -0.2) is 33.7 Å². The highest BCUT2D eigenvalue weighted by molar-refractivity contribution is 7.92. The number of aryl methyl sites for hydroxylation is 2. The zero-order chi connectivity index (χ0) is 26.1. The van der Waals surface area contributed by atoms with Gasteiger partial charge in [-0.1, -0.05) is 43.2 Å². The van der Waals surface area contributed by atoms with Crippen LogP contribution in [0, 0.1) is 20.8 Å². The monoisotopic (exact) mass is 507 g/mol. The molecule has 0 bridgehead atoms. The molecule has 1 amide bonds. The lowest BCUT2D eigenvalue weighted by molar-refractivity contribution is -0.119. The fraction of sp³-hybridized carbons (Fsp3) is 0.286. The Labute approximate surface area is 213 Å². The summed E-state index contributed by atoms with van der Waals surface area (Å²) >= 11 is 0. The molecule has 0 aliphatic heterocycles. The Bertz CT molecular complexity index is 1300. The number of amides is 1. The van der Waals surface area contributed by atoms with Gasteiger partial charge in [0.05, 0.1) is 23.4 Å². The first-order valence-electron chi connectivity index (χ1n) is 11.9. The van der Waals surface area contributed by atoms with Gasteiger partial charge >= 0.3 is 0 Å². The van der Waals surface area contributed by atoms with E-state index in [-0.39, 0.29) is 4.90 Å². The van der Waals surface area contributed by atoms with Gasteiger partial charge in [-0.25, -0.2) is 13.8 Å². The van der Waals surface area contributed by atoms with Gasteiger partial charge in [-0.3, -0.25) is 9.10 Å². The number of anilines is 1. The minimum Gasteiger partial charge on any atom is -0.494 e. The van der Waals surface area contributed by atoms with Crippen LogP contribution in [0.15, 0.2) is 76.7 Å². The molecule has 0 atom stereocenters. The fourth-order valence-electron chi connectivity index (χ4n) is 3.47. The normalized spacial score (nSPS) is 11.4. The van der Waals surface area contributed by atoms with Crippen LogP contribution < -0.4 is 14.5 Å². The summed E-state index contributed by atoms with van der Waals surface area (Å²) in [6.45, 7) is 7.99. The number of nitrogens with zero attached hydrogens (tertiary/aromatic N) is 2. The van der Waals surface area contributed by atoms with E-state index in [1.807, 2.05) is 51.1 Å². The first-order valence-corrected chi connectivity index (χ1v) is 13.4. The molecule has 3 aromatic rings. The minimum absolute atomic E-state index is 0.117. The van der Waals surface area contributed by atoms with Crippen LogP contribution in [0.2, 0.25) is 0 Å². The van der Waals surface area contributed by atoms with Gasteiger partial charge in [0.15, 0.2) is 0 Å². The number of hydrazone groups is 1. The lowest BCUT2D eigenvalue weighted by Crippen LogP contribution is -2.40. The first-order chi connectivity index (χ1) is 17.2. The highest BCUT2D eigenvalue weighted by Gasteiger charge is 2.28. The Balaban J connectivity index is 1.76. The highest BCUT2D eigenvalue weighted by atomic mass is 32.2. The van der Waals surface area contributed by atoms with Gasteiger partial charge < -0.3 is 4.74 Å². The molecule has 7 nitrogen and oxygen atoms in total. The van der Waals surface area contributed by atoms with Crippen molar-refractivity contribution in [2.24, 2.45) is 5.10 Å². The molecule has 190 valence electrons. The van der Waals surface area contributed by atoms with Gasteiger partial charge in [-0.15, -0.1) is 0 Å². The molecule has 0 saturated carbocycles. The van der Waals surface area contributed by atoms with Gasteiger partial charge in [0.25, 0.3) is 15.9 Å². The van der Waals surface area contributed by atoms with Crippen LogP contribution in [0.4, 0.5) is 5.69 Å². The third-order valence-corrected chi connectivity index (χ3v) is 7.56. The van der Waals surface area contributed by atoms with Crippen LogP contribution in [0.3, 0.4) is 0 Å². The summed E-state index contributed by atoms with van der Waals surface area (Å²) < 4.78 is 33.9. The summed E-state index contributed by atoms with van der Waals surface area (Å²) in [6, 6.07) is 19.3. The summed E-state index contributed by atoms with van der Waals surface area (Å²) in [6.07, 6.45) is 3.57. The molecule has 36 heavy (non-hydrogen) atoms. The zero-order valence-corrected chi connectivity index (χ0v) is 22.0. The average Bonchev–Trinajstić information content (AvgIpc) is 2.86. The molecule has 3 aromatic carbocycles. The number of unbranched alkanes of at least 4 members (excludes halogenated alkanes) is 1. The van der Waals surface area contributed by atoms with Gasteiger partial charge in [-0.2, -0.15) is 5.10 Å².